The molecule has 1 amide bonds. The number of esters is 1. The highest BCUT2D eigenvalue weighted by Gasteiger charge is 2.47. The van der Waals surface area contributed by atoms with E-state index >= 15 is 0 Å². The van der Waals surface area contributed by atoms with Crippen molar-refractivity contribution in [1.82, 2.24) is 10.2 Å². The average Bonchev–Trinajstić information content (AvgIpc) is 3.13. The summed E-state index contributed by atoms with van der Waals surface area (Å²) in [6.07, 6.45) is 4.64. The molecule has 0 radical (unpaired) electrons. The zero-order valence-corrected chi connectivity index (χ0v) is 15.4. The second kappa shape index (κ2) is 7.58. The van der Waals surface area contributed by atoms with Crippen LogP contribution >= 0.6 is 0 Å². The first-order valence-electron chi connectivity index (χ1n) is 9.28. The molecule has 2 aliphatic rings. The fraction of sp³-hybridized carbons (Fsp3) is 0.550. The van der Waals surface area contributed by atoms with Gasteiger partial charge < -0.3 is 9.64 Å². The monoisotopic (exact) mass is 358 g/mol. The largest absolute Gasteiger partial charge is 0.464 e. The number of benzene rings is 1. The van der Waals surface area contributed by atoms with Gasteiger partial charge in [-0.2, -0.15) is 0 Å². The Labute approximate surface area is 153 Å². The molecule has 1 heterocycles. The molecular formula is C20H26N2O4. The van der Waals surface area contributed by atoms with E-state index in [-0.39, 0.29) is 18.2 Å². The summed E-state index contributed by atoms with van der Waals surface area (Å²) in [6, 6.07) is 9.11. The number of carbonyl (C=O) groups is 3. The minimum absolute atomic E-state index is 0.0485. The van der Waals surface area contributed by atoms with Gasteiger partial charge in [0.1, 0.15) is 0 Å². The molecule has 1 saturated carbocycles. The maximum atomic E-state index is 12.4. The van der Waals surface area contributed by atoms with Crippen LogP contribution in [0.25, 0.3) is 0 Å². The van der Waals surface area contributed by atoms with Crippen LogP contribution in [0.2, 0.25) is 0 Å². The highest BCUT2D eigenvalue weighted by Crippen LogP contribution is 2.45. The third kappa shape index (κ3) is 3.38. The van der Waals surface area contributed by atoms with Gasteiger partial charge in [0.25, 0.3) is 5.91 Å². The Bertz CT molecular complexity index is 682. The van der Waals surface area contributed by atoms with E-state index in [2.05, 4.69) is 17.4 Å². The first-order valence-corrected chi connectivity index (χ1v) is 9.28. The van der Waals surface area contributed by atoms with Crippen molar-refractivity contribution in [3.8, 4) is 0 Å². The van der Waals surface area contributed by atoms with Crippen molar-refractivity contribution >= 4 is 17.7 Å². The highest BCUT2D eigenvalue weighted by atomic mass is 16.5. The summed E-state index contributed by atoms with van der Waals surface area (Å²) in [5.41, 5.74) is 1.21. The number of Topliss-reactive ketones (excluding diaryl/α,β-unsaturated/α-hetero) is 1. The van der Waals surface area contributed by atoms with E-state index in [9.17, 15) is 14.4 Å². The van der Waals surface area contributed by atoms with Crippen LogP contribution in [0.5, 0.6) is 0 Å². The van der Waals surface area contributed by atoms with E-state index in [1.807, 2.05) is 18.2 Å². The number of amides is 1. The Morgan fingerprint density at radius 3 is 2.50 bits per heavy atom. The summed E-state index contributed by atoms with van der Waals surface area (Å²) >= 11 is 0. The molecule has 0 spiro atoms. The van der Waals surface area contributed by atoms with Crippen molar-refractivity contribution in [1.29, 1.82) is 0 Å². The molecule has 3 rings (SSSR count). The van der Waals surface area contributed by atoms with Crippen LogP contribution in [0.3, 0.4) is 0 Å². The van der Waals surface area contributed by atoms with Crippen LogP contribution in [0.15, 0.2) is 30.3 Å². The molecule has 1 aliphatic heterocycles. The maximum absolute atomic E-state index is 12.4. The van der Waals surface area contributed by atoms with Crippen LogP contribution < -0.4 is 5.32 Å². The predicted octanol–water partition coefficient (Wildman–Crippen LogP) is 1.78. The third-order valence-corrected chi connectivity index (χ3v) is 5.67. The average molecular weight is 358 g/mol. The van der Waals surface area contributed by atoms with Crippen molar-refractivity contribution in [2.75, 3.05) is 13.7 Å². The SMILES string of the molecule is CCOC(=O)C1NC(CC2(c3ccccc3)CCCC2)N(C)C(=O)C1=O. The number of likely N-dealkylation sites (N-methyl/N-ethyl adjacent to an activating group) is 1. The standard InChI is InChI=1S/C20H26N2O4/c1-3-26-19(25)16-17(23)18(24)22(2)15(21-16)13-20(11-7-8-12-20)14-9-5-4-6-10-14/h4-6,9-10,15-16,21H,3,7-8,11-13H2,1-2H3. The summed E-state index contributed by atoms with van der Waals surface area (Å²) in [4.78, 5) is 38.2. The zero-order chi connectivity index (χ0) is 18.7. The summed E-state index contributed by atoms with van der Waals surface area (Å²) in [7, 11) is 1.62. The number of ether oxygens (including phenoxy) is 1. The normalized spacial score (nSPS) is 25.4. The topological polar surface area (TPSA) is 75.7 Å². The highest BCUT2D eigenvalue weighted by molar-refractivity contribution is 6.42. The number of nitrogens with one attached hydrogen (secondary N) is 1. The fourth-order valence-corrected chi connectivity index (χ4v) is 4.24. The molecule has 2 unspecified atom stereocenters. The van der Waals surface area contributed by atoms with Gasteiger partial charge in [0.2, 0.25) is 5.78 Å². The first kappa shape index (κ1) is 18.6. The van der Waals surface area contributed by atoms with Crippen molar-refractivity contribution in [2.45, 2.75) is 56.7 Å². The molecule has 140 valence electrons. The van der Waals surface area contributed by atoms with Crippen LogP contribution in [0.4, 0.5) is 0 Å². The van der Waals surface area contributed by atoms with Crippen molar-refractivity contribution in [2.24, 2.45) is 0 Å². The summed E-state index contributed by atoms with van der Waals surface area (Å²) < 4.78 is 4.97. The first-order chi connectivity index (χ1) is 12.5. The Balaban J connectivity index is 1.85. The lowest BCUT2D eigenvalue weighted by Gasteiger charge is -2.41. The van der Waals surface area contributed by atoms with E-state index < -0.39 is 23.7 Å². The van der Waals surface area contributed by atoms with E-state index in [0.717, 1.165) is 25.7 Å². The summed E-state index contributed by atoms with van der Waals surface area (Å²) in [6.45, 7) is 1.85. The molecule has 6 heteroatoms. The third-order valence-electron chi connectivity index (χ3n) is 5.67. The molecular weight excluding hydrogens is 332 g/mol. The molecule has 1 aromatic carbocycles. The summed E-state index contributed by atoms with van der Waals surface area (Å²) in [5.74, 6) is -2.06. The van der Waals surface area contributed by atoms with Crippen molar-refractivity contribution in [3.05, 3.63) is 35.9 Å². The van der Waals surface area contributed by atoms with Crippen LogP contribution in [-0.4, -0.2) is 48.4 Å². The van der Waals surface area contributed by atoms with E-state index in [0.29, 0.717) is 6.42 Å². The van der Waals surface area contributed by atoms with Crippen molar-refractivity contribution < 1.29 is 19.1 Å². The molecule has 2 atom stereocenters. The second-order valence-corrected chi connectivity index (χ2v) is 7.21. The molecule has 26 heavy (non-hydrogen) atoms. The molecule has 0 aromatic heterocycles. The lowest BCUT2D eigenvalue weighted by atomic mass is 9.74. The van der Waals surface area contributed by atoms with E-state index in [1.54, 1.807) is 14.0 Å². The molecule has 1 N–H and O–H groups in total. The molecule has 1 aliphatic carbocycles. The number of ketones is 1. The van der Waals surface area contributed by atoms with Gasteiger partial charge in [0.05, 0.1) is 12.8 Å². The number of hydrogen-bond acceptors (Lipinski definition) is 5. The number of carbonyl (C=O) groups excluding carboxylic acids is 3. The maximum Gasteiger partial charge on any atom is 0.331 e. The Hall–Kier alpha value is -2.21. The lowest BCUT2D eigenvalue weighted by molar-refractivity contribution is -0.160. The van der Waals surface area contributed by atoms with Gasteiger partial charge in [-0.15, -0.1) is 0 Å². The van der Waals surface area contributed by atoms with Gasteiger partial charge in [-0.3, -0.25) is 14.9 Å². The predicted molar refractivity (Wildman–Crippen MR) is 96.3 cm³/mol. The van der Waals surface area contributed by atoms with Gasteiger partial charge in [-0.05, 0) is 37.2 Å². The lowest BCUT2D eigenvalue weighted by Crippen LogP contribution is -2.65. The van der Waals surface area contributed by atoms with Gasteiger partial charge in [-0.1, -0.05) is 43.2 Å². The number of hydrogen-bond donors (Lipinski definition) is 1. The minimum Gasteiger partial charge on any atom is -0.464 e. The van der Waals surface area contributed by atoms with Gasteiger partial charge in [0.15, 0.2) is 6.04 Å². The molecule has 1 saturated heterocycles. The second-order valence-electron chi connectivity index (χ2n) is 7.21. The van der Waals surface area contributed by atoms with Gasteiger partial charge >= 0.3 is 5.97 Å². The van der Waals surface area contributed by atoms with Gasteiger partial charge in [0, 0.05) is 7.05 Å². The molecule has 0 bridgehead atoms. The van der Waals surface area contributed by atoms with Crippen LogP contribution in [0.1, 0.15) is 44.6 Å². The fourth-order valence-electron chi connectivity index (χ4n) is 4.24. The Kier molecular flexibility index (Phi) is 5.41. The Morgan fingerprint density at radius 2 is 1.88 bits per heavy atom. The van der Waals surface area contributed by atoms with Gasteiger partial charge in [-0.25, -0.2) is 4.79 Å². The molecule has 2 fully saturated rings. The Morgan fingerprint density at radius 1 is 1.23 bits per heavy atom. The van der Waals surface area contributed by atoms with Crippen molar-refractivity contribution in [3.63, 3.8) is 0 Å². The molecule has 1 aromatic rings. The molecule has 6 nitrogen and oxygen atoms in total. The zero-order valence-electron chi connectivity index (χ0n) is 15.4. The number of nitrogens with zero attached hydrogens (tertiary/aromatic N) is 1. The van der Waals surface area contributed by atoms with Crippen LogP contribution in [0, 0.1) is 0 Å². The van der Waals surface area contributed by atoms with Crippen LogP contribution in [-0.2, 0) is 24.5 Å². The minimum atomic E-state index is -1.21. The number of rotatable bonds is 5. The smallest absolute Gasteiger partial charge is 0.331 e. The quantitative estimate of drug-likeness (QED) is 0.493. The van der Waals surface area contributed by atoms with E-state index in [1.165, 1.54) is 10.5 Å². The van der Waals surface area contributed by atoms with E-state index in [4.69, 9.17) is 4.74 Å². The summed E-state index contributed by atoms with van der Waals surface area (Å²) in [5, 5.41) is 3.07.